The van der Waals surface area contributed by atoms with E-state index in [-0.39, 0.29) is 5.82 Å². The van der Waals surface area contributed by atoms with E-state index in [2.05, 4.69) is 5.43 Å². The molecule has 4 heteroatoms. The monoisotopic (exact) mass is 250 g/mol. The first-order valence-corrected chi connectivity index (χ1v) is 6.28. The number of hydrogen-bond acceptors (Lipinski definition) is 3. The van der Waals surface area contributed by atoms with Gasteiger partial charge in [-0.25, -0.2) is 4.39 Å². The van der Waals surface area contributed by atoms with E-state index in [1.807, 2.05) is 48.7 Å². The fraction of sp³-hybridized carbons (Fsp3) is 0.231. The summed E-state index contributed by atoms with van der Waals surface area (Å²) in [5.74, 6) is -0.166. The van der Waals surface area contributed by atoms with Crippen molar-refractivity contribution in [3.63, 3.8) is 0 Å². The van der Waals surface area contributed by atoms with Crippen molar-refractivity contribution in [3.8, 4) is 10.4 Å². The molecule has 0 fully saturated rings. The Labute approximate surface area is 105 Å². The lowest BCUT2D eigenvalue weighted by Crippen LogP contribution is -2.29. The van der Waals surface area contributed by atoms with Gasteiger partial charge >= 0.3 is 0 Å². The molecule has 0 aliphatic carbocycles. The van der Waals surface area contributed by atoms with Gasteiger partial charge in [-0.05, 0) is 29.1 Å². The second-order valence-electron chi connectivity index (χ2n) is 4.02. The highest BCUT2D eigenvalue weighted by atomic mass is 32.1. The van der Waals surface area contributed by atoms with E-state index in [9.17, 15) is 4.39 Å². The summed E-state index contributed by atoms with van der Waals surface area (Å²) in [5, 5.41) is 3.84. The molecule has 1 heterocycles. The predicted molar refractivity (Wildman–Crippen MR) is 70.2 cm³/mol. The van der Waals surface area contributed by atoms with Crippen LogP contribution in [0.3, 0.4) is 0 Å². The molecule has 0 spiro atoms. The van der Waals surface area contributed by atoms with Crippen LogP contribution in [-0.4, -0.2) is 19.1 Å². The summed E-state index contributed by atoms with van der Waals surface area (Å²) >= 11 is 1.55. The molecule has 0 saturated carbocycles. The van der Waals surface area contributed by atoms with Gasteiger partial charge in [0.1, 0.15) is 5.82 Å². The van der Waals surface area contributed by atoms with Gasteiger partial charge in [-0.2, -0.15) is 0 Å². The van der Waals surface area contributed by atoms with Crippen molar-refractivity contribution in [1.82, 2.24) is 10.4 Å². The predicted octanol–water partition coefficient (Wildman–Crippen LogP) is 3.12. The summed E-state index contributed by atoms with van der Waals surface area (Å²) in [6, 6.07) is 9.11. The molecule has 0 atom stereocenters. The van der Waals surface area contributed by atoms with E-state index >= 15 is 0 Å². The summed E-state index contributed by atoms with van der Waals surface area (Å²) in [6.07, 6.45) is 0. The van der Waals surface area contributed by atoms with E-state index < -0.39 is 0 Å². The van der Waals surface area contributed by atoms with Gasteiger partial charge in [-0.3, -0.25) is 10.4 Å². The second-order valence-corrected chi connectivity index (χ2v) is 4.97. The van der Waals surface area contributed by atoms with Crippen LogP contribution in [0, 0.1) is 5.82 Å². The van der Waals surface area contributed by atoms with Crippen molar-refractivity contribution >= 4 is 11.3 Å². The summed E-state index contributed by atoms with van der Waals surface area (Å²) in [7, 11) is 3.87. The highest BCUT2D eigenvalue weighted by Crippen LogP contribution is 2.28. The molecular formula is C13H15FN2S. The van der Waals surface area contributed by atoms with E-state index in [1.54, 1.807) is 11.3 Å². The molecule has 90 valence electrons. The molecule has 0 bridgehead atoms. The fourth-order valence-electron chi connectivity index (χ4n) is 1.55. The molecular weight excluding hydrogens is 235 g/mol. The van der Waals surface area contributed by atoms with Crippen LogP contribution in [0.15, 0.2) is 35.7 Å². The van der Waals surface area contributed by atoms with E-state index in [0.29, 0.717) is 12.1 Å². The molecule has 0 amide bonds. The van der Waals surface area contributed by atoms with Gasteiger partial charge in [-0.15, -0.1) is 11.3 Å². The van der Waals surface area contributed by atoms with Gasteiger partial charge in [-0.1, -0.05) is 12.1 Å². The van der Waals surface area contributed by atoms with Crippen molar-refractivity contribution in [2.75, 3.05) is 14.1 Å². The number of halogens is 1. The van der Waals surface area contributed by atoms with Crippen LogP contribution >= 0.6 is 11.3 Å². The summed E-state index contributed by atoms with van der Waals surface area (Å²) in [5.41, 5.74) is 4.92. The van der Waals surface area contributed by atoms with Gasteiger partial charge < -0.3 is 0 Å². The highest BCUT2D eigenvalue weighted by molar-refractivity contribution is 7.13. The smallest absolute Gasteiger partial charge is 0.131 e. The number of hydrogen-bond donors (Lipinski definition) is 1. The summed E-state index contributed by atoms with van der Waals surface area (Å²) in [4.78, 5) is 0.967. The molecule has 0 saturated heterocycles. The molecule has 0 radical (unpaired) electrons. The van der Waals surface area contributed by atoms with Crippen LogP contribution in [0.2, 0.25) is 0 Å². The molecule has 1 aromatic heterocycles. The Morgan fingerprint density at radius 1 is 1.29 bits per heavy atom. The first-order chi connectivity index (χ1) is 8.16. The maximum atomic E-state index is 13.7. The van der Waals surface area contributed by atoms with Crippen LogP contribution in [0.5, 0.6) is 0 Å². The number of thiophene rings is 1. The molecule has 1 aromatic carbocycles. The van der Waals surface area contributed by atoms with Gasteiger partial charge in [0, 0.05) is 31.1 Å². The molecule has 0 aliphatic rings. The van der Waals surface area contributed by atoms with Crippen LogP contribution in [-0.2, 0) is 6.54 Å². The highest BCUT2D eigenvalue weighted by Gasteiger charge is 2.07. The van der Waals surface area contributed by atoms with Crippen molar-refractivity contribution in [2.45, 2.75) is 6.54 Å². The molecule has 2 rings (SSSR count). The van der Waals surface area contributed by atoms with Crippen LogP contribution in [0.25, 0.3) is 10.4 Å². The Hall–Kier alpha value is -1.23. The number of hydrazine groups is 1. The molecule has 1 N–H and O–H groups in total. The number of nitrogens with zero attached hydrogens (tertiary/aromatic N) is 1. The van der Waals surface area contributed by atoms with E-state index in [1.165, 1.54) is 6.07 Å². The summed E-state index contributed by atoms with van der Waals surface area (Å²) in [6.45, 7) is 0.700. The largest absolute Gasteiger partial charge is 0.251 e. The molecule has 0 aliphatic heterocycles. The number of nitrogens with one attached hydrogen (secondary N) is 1. The topological polar surface area (TPSA) is 15.3 Å². The standard InChI is InChI=1S/C13H15FN2S/c1-16(2)15-9-10-5-6-12(14)11(8-10)13-4-3-7-17-13/h3-8,15H,9H2,1-2H3. The molecule has 17 heavy (non-hydrogen) atoms. The maximum absolute atomic E-state index is 13.7. The number of benzene rings is 1. The van der Waals surface area contributed by atoms with Gasteiger partial charge in [0.2, 0.25) is 0 Å². The fourth-order valence-corrected chi connectivity index (χ4v) is 2.30. The normalized spacial score (nSPS) is 11.1. The second kappa shape index (κ2) is 5.40. The minimum atomic E-state index is -0.166. The third-order valence-corrected chi connectivity index (χ3v) is 3.32. The Kier molecular flexibility index (Phi) is 3.89. The SMILES string of the molecule is CN(C)NCc1ccc(F)c(-c2cccs2)c1. The number of rotatable bonds is 4. The zero-order valence-corrected chi connectivity index (χ0v) is 10.7. The lowest BCUT2D eigenvalue weighted by molar-refractivity contribution is 0.286. The third-order valence-electron chi connectivity index (χ3n) is 2.42. The maximum Gasteiger partial charge on any atom is 0.131 e. The first kappa shape index (κ1) is 12.2. The van der Waals surface area contributed by atoms with Crippen LogP contribution in [0.1, 0.15) is 5.56 Å². The Morgan fingerprint density at radius 3 is 2.76 bits per heavy atom. The van der Waals surface area contributed by atoms with Gasteiger partial charge in [0.15, 0.2) is 0 Å². The quantitative estimate of drug-likeness (QED) is 0.839. The Balaban J connectivity index is 2.24. The van der Waals surface area contributed by atoms with Gasteiger partial charge in [0.05, 0.1) is 0 Å². The lowest BCUT2D eigenvalue weighted by Gasteiger charge is -2.12. The lowest BCUT2D eigenvalue weighted by atomic mass is 10.1. The van der Waals surface area contributed by atoms with Crippen LogP contribution in [0.4, 0.5) is 4.39 Å². The zero-order valence-electron chi connectivity index (χ0n) is 9.90. The van der Waals surface area contributed by atoms with Gasteiger partial charge in [0.25, 0.3) is 0 Å². The Morgan fingerprint density at radius 2 is 2.12 bits per heavy atom. The zero-order chi connectivity index (χ0) is 12.3. The van der Waals surface area contributed by atoms with Crippen LogP contribution < -0.4 is 5.43 Å². The minimum Gasteiger partial charge on any atom is -0.251 e. The average Bonchev–Trinajstić information content (AvgIpc) is 2.81. The minimum absolute atomic E-state index is 0.166. The van der Waals surface area contributed by atoms with E-state index in [4.69, 9.17) is 0 Å². The average molecular weight is 250 g/mol. The summed E-state index contributed by atoms with van der Waals surface area (Å²) < 4.78 is 13.7. The van der Waals surface area contributed by atoms with Crippen molar-refractivity contribution in [2.24, 2.45) is 0 Å². The van der Waals surface area contributed by atoms with Crippen molar-refractivity contribution < 1.29 is 4.39 Å². The molecule has 2 aromatic rings. The molecule has 0 unspecified atom stereocenters. The van der Waals surface area contributed by atoms with E-state index in [0.717, 1.165) is 10.4 Å². The van der Waals surface area contributed by atoms with Crippen molar-refractivity contribution in [1.29, 1.82) is 0 Å². The molecule has 2 nitrogen and oxygen atoms in total. The Bertz CT molecular complexity index is 480. The van der Waals surface area contributed by atoms with Crippen molar-refractivity contribution in [3.05, 3.63) is 47.1 Å². The first-order valence-electron chi connectivity index (χ1n) is 5.40. The third kappa shape index (κ3) is 3.12.